The molecule has 1 fully saturated rings. The number of thiophene rings is 1. The van der Waals surface area contributed by atoms with E-state index in [-0.39, 0.29) is 5.92 Å². The zero-order valence-electron chi connectivity index (χ0n) is 9.13. The smallest absolute Gasteiger partial charge is 0.116 e. The van der Waals surface area contributed by atoms with E-state index in [0.29, 0.717) is 6.42 Å². The van der Waals surface area contributed by atoms with Crippen molar-refractivity contribution in [2.24, 2.45) is 5.92 Å². The van der Waals surface area contributed by atoms with Crippen molar-refractivity contribution in [3.63, 3.8) is 0 Å². The lowest BCUT2D eigenvalue weighted by atomic mass is 9.81. The zero-order chi connectivity index (χ0) is 10.7. The Labute approximate surface area is 94.7 Å². The third kappa shape index (κ3) is 2.79. The van der Waals surface area contributed by atoms with Crippen LogP contribution in [0.3, 0.4) is 0 Å². The molecule has 0 aromatic carbocycles. The fourth-order valence-corrected chi connectivity index (χ4v) is 2.97. The Morgan fingerprint density at radius 1 is 1.67 bits per heavy atom. The second-order valence-electron chi connectivity index (χ2n) is 4.63. The molecule has 2 heterocycles. The zero-order valence-corrected chi connectivity index (χ0v) is 9.95. The Morgan fingerprint density at radius 2 is 2.53 bits per heavy atom. The topological polar surface area (TPSA) is 12.0 Å². The Morgan fingerprint density at radius 3 is 3.13 bits per heavy atom. The van der Waals surface area contributed by atoms with Crippen molar-refractivity contribution < 1.29 is 4.39 Å². The first-order chi connectivity index (χ1) is 7.18. The summed E-state index contributed by atoms with van der Waals surface area (Å²) in [5.74, 6) is 0.172. The van der Waals surface area contributed by atoms with Gasteiger partial charge in [0.2, 0.25) is 0 Å². The van der Waals surface area contributed by atoms with E-state index in [9.17, 15) is 4.39 Å². The van der Waals surface area contributed by atoms with Crippen LogP contribution in [-0.4, -0.2) is 18.8 Å². The number of halogens is 1. The van der Waals surface area contributed by atoms with E-state index in [1.807, 2.05) is 16.8 Å². The van der Waals surface area contributed by atoms with Crippen molar-refractivity contribution in [2.45, 2.75) is 31.9 Å². The Bertz CT molecular complexity index is 289. The molecule has 3 heteroatoms. The van der Waals surface area contributed by atoms with Crippen LogP contribution in [0.15, 0.2) is 16.8 Å². The van der Waals surface area contributed by atoms with E-state index in [4.69, 9.17) is 0 Å². The standard InChI is InChI=1S/C12H18FNS/c1-12(13,7-10-4-6-15-9-10)11-3-2-5-14-8-11/h4,6,9,11,14H,2-3,5,7-8H2,1H3. The third-order valence-electron chi connectivity index (χ3n) is 3.28. The van der Waals surface area contributed by atoms with Crippen LogP contribution in [0.4, 0.5) is 4.39 Å². The molecule has 1 aromatic heterocycles. The summed E-state index contributed by atoms with van der Waals surface area (Å²) in [5.41, 5.74) is 0.0738. The van der Waals surface area contributed by atoms with Crippen LogP contribution in [-0.2, 0) is 6.42 Å². The van der Waals surface area contributed by atoms with Gasteiger partial charge in [0.25, 0.3) is 0 Å². The van der Waals surface area contributed by atoms with E-state index in [0.717, 1.165) is 31.5 Å². The fraction of sp³-hybridized carbons (Fsp3) is 0.667. The second kappa shape index (κ2) is 4.62. The predicted octanol–water partition coefficient (Wildman–Crippen LogP) is 3.02. The van der Waals surface area contributed by atoms with Crippen LogP contribution in [0.1, 0.15) is 25.3 Å². The summed E-state index contributed by atoms with van der Waals surface area (Å²) in [5, 5.41) is 7.35. The van der Waals surface area contributed by atoms with Crippen LogP contribution >= 0.6 is 11.3 Å². The normalized spacial score (nSPS) is 26.1. The molecule has 1 aliphatic rings. The first kappa shape index (κ1) is 11.1. The highest BCUT2D eigenvalue weighted by molar-refractivity contribution is 7.07. The fourth-order valence-electron chi connectivity index (χ4n) is 2.30. The SMILES string of the molecule is CC(F)(Cc1ccsc1)C1CCCNC1. The summed E-state index contributed by atoms with van der Waals surface area (Å²) in [6.07, 6.45) is 2.68. The van der Waals surface area contributed by atoms with Gasteiger partial charge < -0.3 is 5.32 Å². The van der Waals surface area contributed by atoms with Gasteiger partial charge in [-0.25, -0.2) is 4.39 Å². The summed E-state index contributed by atoms with van der Waals surface area (Å²) in [4.78, 5) is 0. The van der Waals surface area contributed by atoms with Crippen molar-refractivity contribution in [2.75, 3.05) is 13.1 Å². The minimum Gasteiger partial charge on any atom is -0.316 e. The van der Waals surface area contributed by atoms with Gasteiger partial charge >= 0.3 is 0 Å². The van der Waals surface area contributed by atoms with Gasteiger partial charge in [0, 0.05) is 18.9 Å². The lowest BCUT2D eigenvalue weighted by Crippen LogP contribution is -2.42. The molecule has 2 rings (SSSR count). The van der Waals surface area contributed by atoms with Crippen molar-refractivity contribution in [1.29, 1.82) is 0 Å². The number of hydrogen-bond acceptors (Lipinski definition) is 2. The average Bonchev–Trinajstić information content (AvgIpc) is 2.71. The van der Waals surface area contributed by atoms with E-state index in [1.165, 1.54) is 0 Å². The summed E-state index contributed by atoms with van der Waals surface area (Å²) in [6, 6.07) is 2.03. The van der Waals surface area contributed by atoms with Crippen LogP contribution in [0.2, 0.25) is 0 Å². The van der Waals surface area contributed by atoms with Gasteiger partial charge in [-0.05, 0) is 48.7 Å². The van der Waals surface area contributed by atoms with E-state index in [1.54, 1.807) is 18.3 Å². The molecule has 1 nitrogen and oxygen atoms in total. The van der Waals surface area contributed by atoms with E-state index >= 15 is 0 Å². The number of alkyl halides is 1. The third-order valence-corrected chi connectivity index (χ3v) is 4.01. The highest BCUT2D eigenvalue weighted by Gasteiger charge is 2.35. The Hall–Kier alpha value is -0.410. The molecule has 15 heavy (non-hydrogen) atoms. The molecular formula is C12H18FNS. The highest BCUT2D eigenvalue weighted by atomic mass is 32.1. The molecule has 1 aromatic rings. The monoisotopic (exact) mass is 227 g/mol. The lowest BCUT2D eigenvalue weighted by molar-refractivity contribution is 0.0835. The first-order valence-corrected chi connectivity index (χ1v) is 6.53. The molecule has 0 radical (unpaired) electrons. The van der Waals surface area contributed by atoms with Crippen molar-refractivity contribution in [1.82, 2.24) is 5.32 Å². The van der Waals surface area contributed by atoms with Crippen LogP contribution in [0.25, 0.3) is 0 Å². The molecule has 0 spiro atoms. The minimum absolute atomic E-state index is 0.172. The number of rotatable bonds is 3. The van der Waals surface area contributed by atoms with Crippen molar-refractivity contribution in [3.05, 3.63) is 22.4 Å². The van der Waals surface area contributed by atoms with Crippen molar-refractivity contribution in [3.8, 4) is 0 Å². The quantitative estimate of drug-likeness (QED) is 0.837. The van der Waals surface area contributed by atoms with Gasteiger partial charge in [-0.3, -0.25) is 0 Å². The summed E-state index contributed by atoms with van der Waals surface area (Å²) >= 11 is 1.64. The van der Waals surface area contributed by atoms with Crippen LogP contribution in [0, 0.1) is 5.92 Å². The maximum Gasteiger partial charge on any atom is 0.116 e. The van der Waals surface area contributed by atoms with Crippen LogP contribution < -0.4 is 5.32 Å². The Balaban J connectivity index is 1.98. The molecule has 1 saturated heterocycles. The molecule has 2 unspecified atom stereocenters. The van der Waals surface area contributed by atoms with Gasteiger partial charge in [0.1, 0.15) is 5.67 Å². The molecule has 2 atom stereocenters. The number of nitrogens with one attached hydrogen (secondary N) is 1. The molecule has 84 valence electrons. The maximum atomic E-state index is 14.5. The van der Waals surface area contributed by atoms with Gasteiger partial charge in [-0.2, -0.15) is 11.3 Å². The molecule has 0 saturated carbocycles. The maximum absolute atomic E-state index is 14.5. The molecule has 0 aliphatic carbocycles. The predicted molar refractivity (Wildman–Crippen MR) is 63.1 cm³/mol. The molecule has 0 amide bonds. The summed E-state index contributed by atoms with van der Waals surface area (Å²) in [7, 11) is 0. The Kier molecular flexibility index (Phi) is 3.42. The van der Waals surface area contributed by atoms with Crippen LogP contribution in [0.5, 0.6) is 0 Å². The molecule has 1 N–H and O–H groups in total. The highest BCUT2D eigenvalue weighted by Crippen LogP contribution is 2.31. The molecule has 1 aliphatic heterocycles. The minimum atomic E-state index is -1.06. The number of hydrogen-bond donors (Lipinski definition) is 1. The second-order valence-corrected chi connectivity index (χ2v) is 5.41. The molecule has 0 bridgehead atoms. The largest absolute Gasteiger partial charge is 0.316 e. The first-order valence-electron chi connectivity index (χ1n) is 5.59. The van der Waals surface area contributed by atoms with E-state index in [2.05, 4.69) is 5.32 Å². The summed E-state index contributed by atoms with van der Waals surface area (Å²) < 4.78 is 14.5. The van der Waals surface area contributed by atoms with E-state index < -0.39 is 5.67 Å². The summed E-state index contributed by atoms with van der Waals surface area (Å²) in [6.45, 7) is 3.63. The van der Waals surface area contributed by atoms with Gasteiger partial charge in [0.15, 0.2) is 0 Å². The lowest BCUT2D eigenvalue weighted by Gasteiger charge is -2.33. The van der Waals surface area contributed by atoms with Crippen molar-refractivity contribution >= 4 is 11.3 Å². The van der Waals surface area contributed by atoms with Gasteiger partial charge in [-0.1, -0.05) is 0 Å². The van der Waals surface area contributed by atoms with Gasteiger partial charge in [-0.15, -0.1) is 0 Å². The molecular weight excluding hydrogens is 209 g/mol. The average molecular weight is 227 g/mol. The van der Waals surface area contributed by atoms with Gasteiger partial charge in [0.05, 0.1) is 0 Å². The number of piperidine rings is 1.